The molecule has 1 heterocycles. The van der Waals surface area contributed by atoms with E-state index in [9.17, 15) is 4.79 Å². The lowest BCUT2D eigenvalue weighted by Crippen LogP contribution is -2.22. The van der Waals surface area contributed by atoms with Crippen LogP contribution in [-0.4, -0.2) is 35.2 Å². The Bertz CT molecular complexity index is 991. The Morgan fingerprint density at radius 2 is 1.70 bits per heavy atom. The molecule has 1 aromatic heterocycles. The topological polar surface area (TPSA) is 67.3 Å². The number of nitrogens with zero attached hydrogens (tertiary/aromatic N) is 3. The van der Waals surface area contributed by atoms with E-state index in [4.69, 9.17) is 4.74 Å². The third kappa shape index (κ3) is 5.64. The first-order valence-electron chi connectivity index (χ1n) is 9.84. The first-order valence-corrected chi connectivity index (χ1v) is 10.7. The molecule has 0 aliphatic rings. The van der Waals surface area contributed by atoms with Gasteiger partial charge in [-0.1, -0.05) is 53.3 Å². The monoisotopic (exact) mass is 424 g/mol. The van der Waals surface area contributed by atoms with Crippen molar-refractivity contribution >= 4 is 17.2 Å². The van der Waals surface area contributed by atoms with Crippen molar-refractivity contribution in [2.24, 2.45) is 0 Å². The summed E-state index contributed by atoms with van der Waals surface area (Å²) in [7, 11) is 3.73. The second-order valence-corrected chi connectivity index (χ2v) is 8.67. The number of nitrogens with one attached hydrogen (secondary N) is 1. The molecule has 0 saturated heterocycles. The van der Waals surface area contributed by atoms with Crippen LogP contribution in [0.5, 0.6) is 5.75 Å². The number of ether oxygens (including phenoxy) is 1. The Hall–Kier alpha value is -2.77. The van der Waals surface area contributed by atoms with Gasteiger partial charge in [-0.3, -0.25) is 9.69 Å². The quantitative estimate of drug-likeness (QED) is 0.591. The molecule has 0 aliphatic heterocycles. The maximum atomic E-state index is 12.4. The number of aromatic nitrogens is 2. The van der Waals surface area contributed by atoms with E-state index in [1.54, 1.807) is 7.11 Å². The molecule has 0 spiro atoms. The van der Waals surface area contributed by atoms with Gasteiger partial charge in [0.2, 0.25) is 5.01 Å². The van der Waals surface area contributed by atoms with E-state index in [1.807, 2.05) is 38.2 Å². The summed E-state index contributed by atoms with van der Waals surface area (Å²) in [6.45, 7) is 8.04. The van der Waals surface area contributed by atoms with E-state index in [2.05, 4.69) is 46.4 Å². The molecule has 6 nitrogen and oxygen atoms in total. The third-order valence-corrected chi connectivity index (χ3v) is 5.72. The lowest BCUT2D eigenvalue weighted by molar-refractivity contribution is 0.0950. The number of methoxy groups -OCH3 is 1. The second kappa shape index (κ2) is 9.82. The third-order valence-electron chi connectivity index (χ3n) is 4.82. The van der Waals surface area contributed by atoms with E-state index in [0.717, 1.165) is 34.0 Å². The summed E-state index contributed by atoms with van der Waals surface area (Å²) < 4.78 is 5.44. The smallest absolute Gasteiger partial charge is 0.282 e. The van der Waals surface area contributed by atoms with Crippen LogP contribution in [0, 0.1) is 20.8 Å². The molecule has 0 unspecified atom stereocenters. The van der Waals surface area contributed by atoms with E-state index in [0.29, 0.717) is 18.1 Å². The molecular weight excluding hydrogens is 396 g/mol. The number of rotatable bonds is 8. The highest BCUT2D eigenvalue weighted by Gasteiger charge is 2.14. The molecule has 1 amide bonds. The molecule has 3 rings (SSSR count). The highest BCUT2D eigenvalue weighted by atomic mass is 32.1. The Morgan fingerprint density at radius 1 is 1.03 bits per heavy atom. The van der Waals surface area contributed by atoms with Crippen LogP contribution in [0.2, 0.25) is 0 Å². The van der Waals surface area contributed by atoms with Crippen molar-refractivity contribution in [1.82, 2.24) is 20.4 Å². The standard InChI is InChI=1S/C23H28N4O2S/c1-15-6-8-18(9-7-15)12-24-22(28)23-26-25-20(30-23)14-27(4)13-19-10-16(2)21(29-5)17(3)11-19/h6-11H,12-14H2,1-5H3,(H,24,28). The average Bonchev–Trinajstić information content (AvgIpc) is 3.15. The molecule has 158 valence electrons. The van der Waals surface area contributed by atoms with Crippen molar-refractivity contribution in [3.8, 4) is 5.75 Å². The molecule has 0 aliphatic carbocycles. The van der Waals surface area contributed by atoms with Gasteiger partial charge in [-0.15, -0.1) is 10.2 Å². The van der Waals surface area contributed by atoms with Crippen molar-refractivity contribution in [3.63, 3.8) is 0 Å². The summed E-state index contributed by atoms with van der Waals surface area (Å²) in [5.74, 6) is 0.746. The molecular formula is C23H28N4O2S. The van der Waals surface area contributed by atoms with Crippen molar-refractivity contribution < 1.29 is 9.53 Å². The summed E-state index contributed by atoms with van der Waals surface area (Å²) in [5, 5.41) is 12.4. The Balaban J connectivity index is 1.55. The van der Waals surface area contributed by atoms with Gasteiger partial charge in [-0.25, -0.2) is 0 Å². The van der Waals surface area contributed by atoms with Gasteiger partial charge in [0.25, 0.3) is 5.91 Å². The highest BCUT2D eigenvalue weighted by Crippen LogP contribution is 2.25. The number of amides is 1. The summed E-state index contributed by atoms with van der Waals surface area (Å²) in [4.78, 5) is 14.5. The first-order chi connectivity index (χ1) is 14.4. The molecule has 3 aromatic rings. The maximum absolute atomic E-state index is 12.4. The van der Waals surface area contributed by atoms with Crippen LogP contribution in [0.1, 0.15) is 42.6 Å². The zero-order chi connectivity index (χ0) is 21.7. The van der Waals surface area contributed by atoms with Crippen LogP contribution in [-0.2, 0) is 19.6 Å². The number of carbonyl (C=O) groups is 1. The summed E-state index contributed by atoms with van der Waals surface area (Å²) >= 11 is 1.33. The highest BCUT2D eigenvalue weighted by molar-refractivity contribution is 7.13. The number of hydrogen-bond acceptors (Lipinski definition) is 6. The van der Waals surface area contributed by atoms with E-state index >= 15 is 0 Å². The minimum Gasteiger partial charge on any atom is -0.496 e. The fourth-order valence-corrected chi connectivity index (χ4v) is 4.26. The van der Waals surface area contributed by atoms with Gasteiger partial charge in [0.1, 0.15) is 10.8 Å². The van der Waals surface area contributed by atoms with Gasteiger partial charge in [0.15, 0.2) is 0 Å². The normalized spacial score (nSPS) is 11.0. The number of hydrogen-bond donors (Lipinski definition) is 1. The zero-order valence-corrected chi connectivity index (χ0v) is 19.0. The van der Waals surface area contributed by atoms with Gasteiger partial charge < -0.3 is 10.1 Å². The second-order valence-electron chi connectivity index (χ2n) is 7.60. The van der Waals surface area contributed by atoms with Gasteiger partial charge in [-0.2, -0.15) is 0 Å². The van der Waals surface area contributed by atoms with Crippen LogP contribution in [0.25, 0.3) is 0 Å². The number of carbonyl (C=O) groups excluding carboxylic acids is 1. The summed E-state index contributed by atoms with van der Waals surface area (Å²) in [6.07, 6.45) is 0. The van der Waals surface area contributed by atoms with E-state index < -0.39 is 0 Å². The van der Waals surface area contributed by atoms with Crippen molar-refractivity contribution in [3.05, 3.63) is 74.2 Å². The lowest BCUT2D eigenvalue weighted by atomic mass is 10.1. The summed E-state index contributed by atoms with van der Waals surface area (Å²) in [6, 6.07) is 12.4. The number of benzene rings is 2. The Morgan fingerprint density at radius 3 is 2.33 bits per heavy atom. The number of aryl methyl sites for hydroxylation is 3. The SMILES string of the molecule is COc1c(C)cc(CN(C)Cc2nnc(C(=O)NCc3ccc(C)cc3)s2)cc1C. The van der Waals surface area contributed by atoms with Crippen LogP contribution in [0.15, 0.2) is 36.4 Å². The van der Waals surface area contributed by atoms with Crippen LogP contribution < -0.4 is 10.1 Å². The molecule has 0 bridgehead atoms. The Labute approximate surface area is 181 Å². The van der Waals surface area contributed by atoms with Crippen molar-refractivity contribution in [2.45, 2.75) is 40.4 Å². The molecule has 30 heavy (non-hydrogen) atoms. The molecule has 2 aromatic carbocycles. The fraction of sp³-hybridized carbons (Fsp3) is 0.348. The average molecular weight is 425 g/mol. The van der Waals surface area contributed by atoms with Crippen molar-refractivity contribution in [2.75, 3.05) is 14.2 Å². The zero-order valence-electron chi connectivity index (χ0n) is 18.2. The van der Waals surface area contributed by atoms with Crippen LogP contribution in [0.4, 0.5) is 0 Å². The Kier molecular flexibility index (Phi) is 7.18. The predicted molar refractivity (Wildman–Crippen MR) is 120 cm³/mol. The first kappa shape index (κ1) is 21.9. The molecule has 0 radical (unpaired) electrons. The molecule has 0 atom stereocenters. The molecule has 0 saturated carbocycles. The lowest BCUT2D eigenvalue weighted by Gasteiger charge is -2.17. The van der Waals surface area contributed by atoms with Crippen LogP contribution in [0.3, 0.4) is 0 Å². The van der Waals surface area contributed by atoms with Crippen molar-refractivity contribution in [1.29, 1.82) is 0 Å². The van der Waals surface area contributed by atoms with E-state index in [-0.39, 0.29) is 5.91 Å². The molecule has 1 N–H and O–H groups in total. The molecule has 0 fully saturated rings. The minimum atomic E-state index is -0.191. The summed E-state index contributed by atoms with van der Waals surface area (Å²) in [5.41, 5.74) is 5.73. The van der Waals surface area contributed by atoms with Crippen LogP contribution >= 0.6 is 11.3 Å². The van der Waals surface area contributed by atoms with Gasteiger partial charge >= 0.3 is 0 Å². The van der Waals surface area contributed by atoms with Gasteiger partial charge in [0, 0.05) is 13.1 Å². The maximum Gasteiger partial charge on any atom is 0.282 e. The van der Waals surface area contributed by atoms with Gasteiger partial charge in [0.05, 0.1) is 13.7 Å². The molecule has 7 heteroatoms. The predicted octanol–water partition coefficient (Wildman–Crippen LogP) is 4.03. The fourth-order valence-electron chi connectivity index (χ4n) is 3.42. The largest absolute Gasteiger partial charge is 0.496 e. The minimum absolute atomic E-state index is 0.191. The van der Waals surface area contributed by atoms with E-state index in [1.165, 1.54) is 22.5 Å². The van der Waals surface area contributed by atoms with Gasteiger partial charge in [-0.05, 0) is 50.1 Å².